The summed E-state index contributed by atoms with van der Waals surface area (Å²) in [6, 6.07) is 16.7. The first-order chi connectivity index (χ1) is 13.7. The maximum Gasteiger partial charge on any atom is 0.134 e. The molecule has 1 aliphatic carbocycles. The first kappa shape index (κ1) is 22.2. The summed E-state index contributed by atoms with van der Waals surface area (Å²) in [7, 11) is 0. The van der Waals surface area contributed by atoms with Gasteiger partial charge in [0.1, 0.15) is 11.6 Å². The second-order valence-corrected chi connectivity index (χ2v) is 7.32. The van der Waals surface area contributed by atoms with Crippen molar-refractivity contribution in [3.63, 3.8) is 0 Å². The maximum atomic E-state index is 14.7. The number of halogens is 4. The number of fused-ring (bicyclic) bond motifs is 2. The molecule has 1 aromatic heterocycles. The predicted octanol–water partition coefficient (Wildman–Crippen LogP) is 5.61. The zero-order chi connectivity index (χ0) is 19.1. The Bertz CT molecular complexity index is 1130. The van der Waals surface area contributed by atoms with Crippen LogP contribution in [0.3, 0.4) is 0 Å². The molecule has 0 radical (unpaired) electrons. The predicted molar refractivity (Wildman–Crippen MR) is 120 cm³/mol. The molecule has 0 saturated heterocycles. The Balaban J connectivity index is 0.00000128. The maximum absolute atomic E-state index is 14.7. The third kappa shape index (κ3) is 4.19. The van der Waals surface area contributed by atoms with Crippen LogP contribution in [-0.2, 0) is 19.4 Å². The van der Waals surface area contributed by atoms with E-state index in [-0.39, 0.29) is 30.4 Å². The zero-order valence-electron chi connectivity index (χ0n) is 16.0. The summed E-state index contributed by atoms with van der Waals surface area (Å²) in [5, 5.41) is 3.43. The van der Waals surface area contributed by atoms with Crippen molar-refractivity contribution < 1.29 is 8.78 Å². The lowest BCUT2D eigenvalue weighted by Gasteiger charge is -2.13. The number of rotatable bonds is 4. The summed E-state index contributed by atoms with van der Waals surface area (Å²) < 4.78 is 29.5. The van der Waals surface area contributed by atoms with E-state index in [1.807, 2.05) is 12.1 Å². The van der Waals surface area contributed by atoms with Crippen molar-refractivity contribution in [3.05, 3.63) is 89.2 Å². The van der Waals surface area contributed by atoms with Gasteiger partial charge in [-0.25, -0.2) is 13.8 Å². The summed E-state index contributed by atoms with van der Waals surface area (Å²) in [6.45, 7) is 0.436. The fourth-order valence-electron chi connectivity index (χ4n) is 4.06. The summed E-state index contributed by atoms with van der Waals surface area (Å²) in [6.07, 6.45) is 3.46. The molecule has 5 rings (SSSR count). The Labute approximate surface area is 185 Å². The van der Waals surface area contributed by atoms with Crippen molar-refractivity contribution in [2.45, 2.75) is 25.4 Å². The minimum Gasteiger partial charge on any atom is -0.345 e. The quantitative estimate of drug-likeness (QED) is 0.426. The standard InChI is InChI=1S/C23H19F2N3.2ClH/c24-19-7-14(12-26-18-9-15-3-1-2-4-16(15)10-18)8-20(25)23(19)17-5-6-21-22(11-17)28-13-27-21;;/h1-8,11,13,18,26H,9-10,12H2,(H,27,28);2*1H. The van der Waals surface area contributed by atoms with Crippen LogP contribution in [0.5, 0.6) is 0 Å². The molecule has 0 bridgehead atoms. The second kappa shape index (κ2) is 9.13. The summed E-state index contributed by atoms with van der Waals surface area (Å²) in [5.74, 6) is -1.11. The smallest absolute Gasteiger partial charge is 0.134 e. The molecule has 30 heavy (non-hydrogen) atoms. The molecule has 0 amide bonds. The molecule has 0 saturated carbocycles. The Morgan fingerprint density at radius 2 is 1.60 bits per heavy atom. The van der Waals surface area contributed by atoms with E-state index in [1.54, 1.807) is 24.5 Å². The lowest BCUT2D eigenvalue weighted by atomic mass is 10.0. The molecule has 7 heteroatoms. The minimum atomic E-state index is -0.554. The highest BCUT2D eigenvalue weighted by molar-refractivity contribution is 5.85. The zero-order valence-corrected chi connectivity index (χ0v) is 17.6. The third-order valence-corrected chi connectivity index (χ3v) is 5.46. The Kier molecular flexibility index (Phi) is 6.76. The van der Waals surface area contributed by atoms with Gasteiger partial charge in [-0.15, -0.1) is 24.8 Å². The van der Waals surface area contributed by atoms with Crippen LogP contribution >= 0.6 is 24.8 Å². The molecule has 2 N–H and O–H groups in total. The van der Waals surface area contributed by atoms with Crippen molar-refractivity contribution in [2.75, 3.05) is 0 Å². The molecule has 0 unspecified atom stereocenters. The Morgan fingerprint density at radius 1 is 0.933 bits per heavy atom. The van der Waals surface area contributed by atoms with Gasteiger partial charge < -0.3 is 10.3 Å². The van der Waals surface area contributed by atoms with Gasteiger partial charge in [-0.1, -0.05) is 30.3 Å². The van der Waals surface area contributed by atoms with Gasteiger partial charge in [0.2, 0.25) is 0 Å². The van der Waals surface area contributed by atoms with E-state index in [2.05, 4.69) is 27.4 Å². The van der Waals surface area contributed by atoms with E-state index in [9.17, 15) is 8.78 Å². The second-order valence-electron chi connectivity index (χ2n) is 7.32. The normalized spacial score (nSPS) is 13.0. The monoisotopic (exact) mass is 447 g/mol. The van der Waals surface area contributed by atoms with E-state index in [4.69, 9.17) is 0 Å². The van der Waals surface area contributed by atoms with E-state index in [0.29, 0.717) is 29.2 Å². The fraction of sp³-hybridized carbons (Fsp3) is 0.174. The van der Waals surface area contributed by atoms with Crippen LogP contribution in [-0.4, -0.2) is 16.0 Å². The lowest BCUT2D eigenvalue weighted by Crippen LogP contribution is -2.29. The molecular weight excluding hydrogens is 427 g/mol. The number of H-pyrrole nitrogens is 1. The van der Waals surface area contributed by atoms with E-state index in [1.165, 1.54) is 23.3 Å². The van der Waals surface area contributed by atoms with Crippen molar-refractivity contribution >= 4 is 35.8 Å². The van der Waals surface area contributed by atoms with Gasteiger partial charge in [0.25, 0.3) is 0 Å². The van der Waals surface area contributed by atoms with Gasteiger partial charge in [-0.05, 0) is 59.4 Å². The molecule has 0 fully saturated rings. The highest BCUT2D eigenvalue weighted by Gasteiger charge is 2.21. The van der Waals surface area contributed by atoms with Crippen molar-refractivity contribution in [1.82, 2.24) is 15.3 Å². The number of nitrogens with zero attached hydrogens (tertiary/aromatic N) is 1. The topological polar surface area (TPSA) is 40.7 Å². The molecule has 0 aliphatic heterocycles. The van der Waals surface area contributed by atoms with Crippen LogP contribution in [0.15, 0.2) is 60.9 Å². The van der Waals surface area contributed by atoms with Gasteiger partial charge in [-0.2, -0.15) is 0 Å². The molecule has 0 atom stereocenters. The van der Waals surface area contributed by atoms with Crippen molar-refractivity contribution in [2.24, 2.45) is 0 Å². The van der Waals surface area contributed by atoms with Crippen LogP contribution < -0.4 is 5.32 Å². The van der Waals surface area contributed by atoms with E-state index < -0.39 is 11.6 Å². The van der Waals surface area contributed by atoms with Gasteiger partial charge in [0.05, 0.1) is 22.9 Å². The highest BCUT2D eigenvalue weighted by Crippen LogP contribution is 2.29. The number of aromatic nitrogens is 2. The van der Waals surface area contributed by atoms with Crippen LogP contribution in [0.1, 0.15) is 16.7 Å². The average Bonchev–Trinajstić information content (AvgIpc) is 3.31. The average molecular weight is 448 g/mol. The fourth-order valence-corrected chi connectivity index (χ4v) is 4.06. The Hall–Kier alpha value is -2.47. The number of nitrogens with one attached hydrogen (secondary N) is 2. The highest BCUT2D eigenvalue weighted by atomic mass is 35.5. The van der Waals surface area contributed by atoms with Crippen LogP contribution in [0.2, 0.25) is 0 Å². The summed E-state index contributed by atoms with van der Waals surface area (Å²) >= 11 is 0. The van der Waals surface area contributed by atoms with Gasteiger partial charge >= 0.3 is 0 Å². The van der Waals surface area contributed by atoms with E-state index in [0.717, 1.165) is 18.4 Å². The minimum absolute atomic E-state index is 0. The molecule has 3 aromatic carbocycles. The summed E-state index contributed by atoms with van der Waals surface area (Å²) in [4.78, 5) is 7.14. The number of aromatic amines is 1. The first-order valence-corrected chi connectivity index (χ1v) is 9.39. The van der Waals surface area contributed by atoms with Crippen LogP contribution in [0.4, 0.5) is 8.78 Å². The SMILES string of the molecule is Cl.Cl.Fc1cc(CNC2Cc3ccccc3C2)cc(F)c1-c1ccc2[nH]cnc2c1. The molecule has 0 spiro atoms. The number of hydrogen-bond acceptors (Lipinski definition) is 2. The first-order valence-electron chi connectivity index (χ1n) is 9.39. The third-order valence-electron chi connectivity index (χ3n) is 5.46. The Morgan fingerprint density at radius 3 is 2.27 bits per heavy atom. The number of hydrogen-bond donors (Lipinski definition) is 2. The van der Waals surface area contributed by atoms with Crippen LogP contribution in [0.25, 0.3) is 22.2 Å². The van der Waals surface area contributed by atoms with Gasteiger partial charge in [-0.3, -0.25) is 0 Å². The summed E-state index contributed by atoms with van der Waals surface area (Å²) in [5.41, 5.74) is 5.30. The van der Waals surface area contributed by atoms with Crippen molar-refractivity contribution in [3.8, 4) is 11.1 Å². The molecule has 3 nitrogen and oxygen atoms in total. The number of benzene rings is 3. The van der Waals surface area contributed by atoms with Gasteiger partial charge in [0, 0.05) is 12.6 Å². The van der Waals surface area contributed by atoms with Crippen molar-refractivity contribution in [1.29, 1.82) is 0 Å². The lowest BCUT2D eigenvalue weighted by molar-refractivity contribution is 0.526. The molecule has 1 aliphatic rings. The number of imidazole rings is 1. The molecule has 4 aromatic rings. The molecular formula is C23H21Cl2F2N3. The molecule has 156 valence electrons. The van der Waals surface area contributed by atoms with Crippen LogP contribution in [0, 0.1) is 11.6 Å². The van der Waals surface area contributed by atoms with E-state index >= 15 is 0 Å². The largest absolute Gasteiger partial charge is 0.345 e. The molecule has 1 heterocycles. The van der Waals surface area contributed by atoms with Gasteiger partial charge in [0.15, 0.2) is 0 Å².